The Kier molecular flexibility index (Phi) is 4.26. The second kappa shape index (κ2) is 5.80. The van der Waals surface area contributed by atoms with Crippen molar-refractivity contribution in [3.63, 3.8) is 0 Å². The van der Waals surface area contributed by atoms with Gasteiger partial charge in [-0.1, -0.05) is 0 Å². The standard InChI is InChI=1S/C12H10BrN3O4S/c13-9-6-7(21(14,19)20)3-4-10(9)16-12(18)8-2-1-5-15-11(8)17/h1-6H,(H,15,17)(H,16,18)(H2,14,19,20). The highest BCUT2D eigenvalue weighted by molar-refractivity contribution is 9.10. The highest BCUT2D eigenvalue weighted by Crippen LogP contribution is 2.25. The lowest BCUT2D eigenvalue weighted by molar-refractivity contribution is 0.102. The van der Waals surface area contributed by atoms with Gasteiger partial charge in [-0.25, -0.2) is 13.6 Å². The van der Waals surface area contributed by atoms with Crippen LogP contribution in [-0.2, 0) is 10.0 Å². The minimum absolute atomic E-state index is 0.0556. The Bertz CT molecular complexity index is 861. The molecule has 0 fully saturated rings. The number of nitrogens with two attached hydrogens (primary N) is 1. The SMILES string of the molecule is NS(=O)(=O)c1ccc(NC(=O)c2ccc[nH]c2=O)c(Br)c1. The molecule has 0 aliphatic rings. The summed E-state index contributed by atoms with van der Waals surface area (Å²) in [6.45, 7) is 0. The number of halogens is 1. The van der Waals surface area contributed by atoms with Gasteiger partial charge in [0.15, 0.2) is 0 Å². The Labute approximate surface area is 128 Å². The van der Waals surface area contributed by atoms with E-state index in [2.05, 4.69) is 26.2 Å². The minimum Gasteiger partial charge on any atom is -0.328 e. The first kappa shape index (κ1) is 15.4. The summed E-state index contributed by atoms with van der Waals surface area (Å²) in [6.07, 6.45) is 1.41. The van der Waals surface area contributed by atoms with E-state index in [9.17, 15) is 18.0 Å². The van der Waals surface area contributed by atoms with Crippen molar-refractivity contribution >= 4 is 37.5 Å². The van der Waals surface area contributed by atoms with Gasteiger partial charge in [-0.15, -0.1) is 0 Å². The molecule has 0 atom stereocenters. The van der Waals surface area contributed by atoms with E-state index in [4.69, 9.17) is 5.14 Å². The summed E-state index contributed by atoms with van der Waals surface area (Å²) in [4.78, 5) is 25.8. The van der Waals surface area contributed by atoms with Crippen molar-refractivity contribution in [1.29, 1.82) is 0 Å². The molecule has 110 valence electrons. The number of nitrogens with one attached hydrogen (secondary N) is 2. The first-order valence-electron chi connectivity index (χ1n) is 5.60. The van der Waals surface area contributed by atoms with Gasteiger partial charge in [0, 0.05) is 10.7 Å². The zero-order valence-electron chi connectivity index (χ0n) is 10.5. The van der Waals surface area contributed by atoms with Gasteiger partial charge in [-0.3, -0.25) is 9.59 Å². The molecule has 2 rings (SSSR count). The van der Waals surface area contributed by atoms with Gasteiger partial charge in [-0.2, -0.15) is 0 Å². The Morgan fingerprint density at radius 1 is 1.29 bits per heavy atom. The molecule has 9 heteroatoms. The molecule has 2 aromatic rings. The zero-order valence-corrected chi connectivity index (χ0v) is 12.9. The van der Waals surface area contributed by atoms with Crippen LogP contribution in [0.15, 0.2) is 50.7 Å². The summed E-state index contributed by atoms with van der Waals surface area (Å²) in [7, 11) is -3.83. The molecule has 7 nitrogen and oxygen atoms in total. The van der Waals surface area contributed by atoms with E-state index in [1.165, 1.54) is 36.5 Å². The maximum atomic E-state index is 12.0. The van der Waals surface area contributed by atoms with Crippen LogP contribution in [0, 0.1) is 0 Å². The number of anilines is 1. The fourth-order valence-electron chi connectivity index (χ4n) is 1.56. The lowest BCUT2D eigenvalue weighted by Gasteiger charge is -2.08. The Balaban J connectivity index is 2.31. The highest BCUT2D eigenvalue weighted by atomic mass is 79.9. The second-order valence-electron chi connectivity index (χ2n) is 4.05. The van der Waals surface area contributed by atoms with Crippen molar-refractivity contribution in [3.05, 3.63) is 56.9 Å². The van der Waals surface area contributed by atoms with Gasteiger partial charge in [0.2, 0.25) is 10.0 Å². The lowest BCUT2D eigenvalue weighted by atomic mass is 10.2. The van der Waals surface area contributed by atoms with E-state index in [1.807, 2.05) is 0 Å². The molecule has 0 bridgehead atoms. The van der Waals surface area contributed by atoms with E-state index in [0.717, 1.165) is 0 Å². The number of primary sulfonamides is 1. The minimum atomic E-state index is -3.83. The first-order valence-corrected chi connectivity index (χ1v) is 7.94. The number of hydrogen-bond donors (Lipinski definition) is 3. The van der Waals surface area contributed by atoms with Crippen LogP contribution in [-0.4, -0.2) is 19.3 Å². The molecule has 21 heavy (non-hydrogen) atoms. The molecular formula is C12H10BrN3O4S. The maximum absolute atomic E-state index is 12.0. The van der Waals surface area contributed by atoms with Crippen molar-refractivity contribution in [2.75, 3.05) is 5.32 Å². The molecule has 0 radical (unpaired) electrons. The maximum Gasteiger partial charge on any atom is 0.261 e. The third-order valence-electron chi connectivity index (χ3n) is 2.58. The van der Waals surface area contributed by atoms with Crippen molar-refractivity contribution in [1.82, 2.24) is 4.98 Å². The van der Waals surface area contributed by atoms with Crippen LogP contribution >= 0.6 is 15.9 Å². The second-order valence-corrected chi connectivity index (χ2v) is 6.47. The number of aromatic nitrogens is 1. The third-order valence-corrected chi connectivity index (χ3v) is 4.15. The number of pyridine rings is 1. The fraction of sp³-hybridized carbons (Fsp3) is 0. The van der Waals surface area contributed by atoms with Crippen LogP contribution in [0.3, 0.4) is 0 Å². The molecule has 0 unspecified atom stereocenters. The number of carbonyl (C=O) groups excluding carboxylic acids is 1. The number of benzene rings is 1. The Hall–Kier alpha value is -1.97. The zero-order chi connectivity index (χ0) is 15.6. The molecule has 0 saturated heterocycles. The molecule has 0 aliphatic carbocycles. The largest absolute Gasteiger partial charge is 0.328 e. The van der Waals surface area contributed by atoms with E-state index in [-0.39, 0.29) is 10.5 Å². The Morgan fingerprint density at radius 2 is 2.00 bits per heavy atom. The number of amides is 1. The fourth-order valence-corrected chi connectivity index (χ4v) is 2.73. The van der Waals surface area contributed by atoms with Gasteiger partial charge < -0.3 is 10.3 Å². The molecule has 0 spiro atoms. The predicted octanol–water partition coefficient (Wildman–Crippen LogP) is 1.04. The van der Waals surface area contributed by atoms with Gasteiger partial charge in [0.05, 0.1) is 10.6 Å². The van der Waals surface area contributed by atoms with E-state index in [1.54, 1.807) is 0 Å². The van der Waals surface area contributed by atoms with Crippen LogP contribution in [0.5, 0.6) is 0 Å². The molecular weight excluding hydrogens is 362 g/mol. The predicted molar refractivity (Wildman–Crippen MR) is 80.5 cm³/mol. The van der Waals surface area contributed by atoms with Crippen molar-refractivity contribution in [3.8, 4) is 0 Å². The summed E-state index contributed by atoms with van der Waals surface area (Å²) in [6, 6.07) is 6.79. The molecule has 1 aromatic carbocycles. The average Bonchev–Trinajstić information content (AvgIpc) is 2.40. The monoisotopic (exact) mass is 371 g/mol. The van der Waals surface area contributed by atoms with Crippen LogP contribution in [0.4, 0.5) is 5.69 Å². The molecule has 0 aliphatic heterocycles. The normalized spacial score (nSPS) is 11.1. The number of hydrogen-bond acceptors (Lipinski definition) is 4. The molecule has 4 N–H and O–H groups in total. The summed E-state index contributed by atoms with van der Waals surface area (Å²) >= 11 is 3.14. The summed E-state index contributed by atoms with van der Waals surface area (Å²) in [5.41, 5.74) is -0.261. The van der Waals surface area contributed by atoms with Gasteiger partial charge >= 0.3 is 0 Å². The number of carbonyl (C=O) groups is 1. The van der Waals surface area contributed by atoms with E-state index < -0.39 is 21.5 Å². The van der Waals surface area contributed by atoms with Crippen molar-refractivity contribution in [2.45, 2.75) is 4.90 Å². The smallest absolute Gasteiger partial charge is 0.261 e. The van der Waals surface area contributed by atoms with Gasteiger partial charge in [0.1, 0.15) is 5.56 Å². The lowest BCUT2D eigenvalue weighted by Crippen LogP contribution is -2.22. The van der Waals surface area contributed by atoms with Crippen LogP contribution in [0.25, 0.3) is 0 Å². The van der Waals surface area contributed by atoms with Crippen LogP contribution in [0.1, 0.15) is 10.4 Å². The van der Waals surface area contributed by atoms with Crippen molar-refractivity contribution in [2.24, 2.45) is 5.14 Å². The third kappa shape index (κ3) is 3.57. The number of aromatic amines is 1. The van der Waals surface area contributed by atoms with Gasteiger partial charge in [0.25, 0.3) is 11.5 Å². The number of H-pyrrole nitrogens is 1. The molecule has 1 aromatic heterocycles. The first-order chi connectivity index (χ1) is 9.79. The van der Waals surface area contributed by atoms with Gasteiger partial charge in [-0.05, 0) is 46.3 Å². The van der Waals surface area contributed by atoms with E-state index >= 15 is 0 Å². The number of rotatable bonds is 3. The Morgan fingerprint density at radius 3 is 2.57 bits per heavy atom. The number of sulfonamides is 1. The van der Waals surface area contributed by atoms with Crippen LogP contribution in [0.2, 0.25) is 0 Å². The molecule has 1 heterocycles. The quantitative estimate of drug-likeness (QED) is 0.745. The average molecular weight is 372 g/mol. The molecule has 0 saturated carbocycles. The summed E-state index contributed by atoms with van der Waals surface area (Å²) in [5, 5.41) is 7.51. The summed E-state index contributed by atoms with van der Waals surface area (Å²) < 4.78 is 22.7. The van der Waals surface area contributed by atoms with Crippen LogP contribution < -0.4 is 16.0 Å². The highest BCUT2D eigenvalue weighted by Gasteiger charge is 2.14. The van der Waals surface area contributed by atoms with E-state index in [0.29, 0.717) is 10.2 Å². The summed E-state index contributed by atoms with van der Waals surface area (Å²) in [5.74, 6) is -0.610. The van der Waals surface area contributed by atoms with Crippen molar-refractivity contribution < 1.29 is 13.2 Å². The topological polar surface area (TPSA) is 122 Å². The molecule has 1 amide bonds.